The number of carbonyl (C=O) groups is 1. The zero-order valence-corrected chi connectivity index (χ0v) is 11.7. The van der Waals surface area contributed by atoms with Crippen LogP contribution in [0.3, 0.4) is 0 Å². The van der Waals surface area contributed by atoms with Crippen LogP contribution in [-0.4, -0.2) is 17.7 Å². The second kappa shape index (κ2) is 8.11. The maximum absolute atomic E-state index is 11.4. The van der Waals surface area contributed by atoms with Crippen molar-refractivity contribution < 1.29 is 9.53 Å². The quantitative estimate of drug-likeness (QED) is 0.675. The van der Waals surface area contributed by atoms with Gasteiger partial charge in [0.2, 0.25) is 0 Å². The first-order chi connectivity index (χ1) is 6.99. The van der Waals surface area contributed by atoms with E-state index >= 15 is 0 Å². The van der Waals surface area contributed by atoms with Crippen LogP contribution in [-0.2, 0) is 4.74 Å². The van der Waals surface area contributed by atoms with Gasteiger partial charge in [-0.05, 0) is 40.7 Å². The number of hydrogen-bond acceptors (Lipinski definition) is 4. The minimum atomic E-state index is -0.215. The molecule has 4 heteroatoms. The molecule has 0 aromatic heterocycles. The highest BCUT2D eigenvalue weighted by atomic mass is 32.2. The van der Waals surface area contributed by atoms with Crippen molar-refractivity contribution in [2.75, 3.05) is 6.26 Å². The Balaban J connectivity index is 4.06. The van der Waals surface area contributed by atoms with E-state index in [1.807, 2.05) is 11.7 Å². The smallest absolute Gasteiger partial charge is 0.371 e. The summed E-state index contributed by atoms with van der Waals surface area (Å²) in [7, 11) is 0. The first-order valence-electron chi connectivity index (χ1n) is 5.04. The topological polar surface area (TPSA) is 26.3 Å². The molecular formula is C11H20O2S2. The largest absolute Gasteiger partial charge is 0.453 e. The molecule has 0 saturated heterocycles. The summed E-state index contributed by atoms with van der Waals surface area (Å²) in [5.74, 6) is 0.721. The molecule has 0 unspecified atom stereocenters. The van der Waals surface area contributed by atoms with Crippen molar-refractivity contribution in [1.29, 1.82) is 0 Å². The summed E-state index contributed by atoms with van der Waals surface area (Å²) in [5.41, 5.74) is 0. The summed E-state index contributed by atoms with van der Waals surface area (Å²) in [6, 6.07) is 0. The van der Waals surface area contributed by atoms with Gasteiger partial charge in [0.05, 0.1) is 0 Å². The molecule has 0 amide bonds. The summed E-state index contributed by atoms with van der Waals surface area (Å²) in [5, 5.41) is 3.41. The molecule has 2 nitrogen and oxygen atoms in total. The molecule has 0 aromatic rings. The number of carbonyl (C=O) groups excluding carboxylic acids is 1. The third kappa shape index (κ3) is 6.90. The number of rotatable bonds is 5. The highest BCUT2D eigenvalue weighted by Crippen LogP contribution is 2.20. The lowest BCUT2D eigenvalue weighted by molar-refractivity contribution is 0.0604. The van der Waals surface area contributed by atoms with Crippen LogP contribution in [0.15, 0.2) is 10.8 Å². The highest BCUT2D eigenvalue weighted by Gasteiger charge is 2.21. The van der Waals surface area contributed by atoms with Crippen molar-refractivity contribution in [3.63, 3.8) is 0 Å². The molecule has 0 aromatic carbocycles. The lowest BCUT2D eigenvalue weighted by Gasteiger charge is -2.24. The average Bonchev–Trinajstić information content (AvgIpc) is 2.13. The first-order valence-corrected chi connectivity index (χ1v) is 7.20. The van der Waals surface area contributed by atoms with Crippen molar-refractivity contribution in [3.05, 3.63) is 10.8 Å². The summed E-state index contributed by atoms with van der Waals surface area (Å²) in [6.45, 7) is 8.28. The van der Waals surface area contributed by atoms with Gasteiger partial charge in [0.1, 0.15) is 6.10 Å². The fraction of sp³-hybridized carbons (Fsp3) is 0.727. The van der Waals surface area contributed by atoms with E-state index in [0.717, 1.165) is 11.8 Å². The zero-order valence-electron chi connectivity index (χ0n) is 10.0. The third-order valence-corrected chi connectivity index (χ3v) is 3.04. The molecule has 0 aliphatic heterocycles. The normalized spacial score (nSPS) is 12.0. The summed E-state index contributed by atoms with van der Waals surface area (Å²) in [4.78, 5) is 11.4. The lowest BCUT2D eigenvalue weighted by atomic mass is 9.96. The molecule has 0 atom stereocenters. The van der Waals surface area contributed by atoms with E-state index in [0.29, 0.717) is 11.8 Å². The highest BCUT2D eigenvalue weighted by molar-refractivity contribution is 8.16. The van der Waals surface area contributed by atoms with Crippen LogP contribution in [0.5, 0.6) is 0 Å². The maximum Gasteiger partial charge on any atom is 0.371 e. The first kappa shape index (κ1) is 14.9. The maximum atomic E-state index is 11.4. The van der Waals surface area contributed by atoms with E-state index in [1.165, 1.54) is 0 Å². The van der Waals surface area contributed by atoms with Crippen LogP contribution in [0.25, 0.3) is 0 Å². The molecule has 0 rings (SSSR count). The Morgan fingerprint density at radius 2 is 1.67 bits per heavy atom. The standard InChI is InChI=1S/C11H20O2S2/c1-8(2)10(9(3)4)13-11(12)15-7-6-14-5/h6-10H,1-5H3/b7-6-. The number of hydrogen-bond donors (Lipinski definition) is 0. The summed E-state index contributed by atoms with van der Waals surface area (Å²) in [6.07, 6.45) is 1.96. The van der Waals surface area contributed by atoms with Gasteiger partial charge in [0.15, 0.2) is 0 Å². The molecule has 0 fully saturated rings. The van der Waals surface area contributed by atoms with Crippen LogP contribution >= 0.6 is 23.5 Å². The van der Waals surface area contributed by atoms with Gasteiger partial charge in [-0.3, -0.25) is 0 Å². The van der Waals surface area contributed by atoms with Gasteiger partial charge in [-0.2, -0.15) is 0 Å². The van der Waals surface area contributed by atoms with E-state index in [4.69, 9.17) is 4.74 Å². The molecule has 88 valence electrons. The van der Waals surface area contributed by atoms with Gasteiger partial charge in [-0.1, -0.05) is 27.7 Å². The van der Waals surface area contributed by atoms with Crippen molar-refractivity contribution in [1.82, 2.24) is 0 Å². The van der Waals surface area contributed by atoms with Gasteiger partial charge in [0.25, 0.3) is 0 Å². The van der Waals surface area contributed by atoms with Gasteiger partial charge in [-0.25, -0.2) is 4.79 Å². The van der Waals surface area contributed by atoms with Crippen molar-refractivity contribution in [2.45, 2.75) is 33.8 Å². The zero-order chi connectivity index (χ0) is 11.8. The fourth-order valence-corrected chi connectivity index (χ4v) is 2.26. The second-order valence-corrected chi connectivity index (χ2v) is 5.53. The van der Waals surface area contributed by atoms with Gasteiger partial charge >= 0.3 is 5.30 Å². The molecule has 15 heavy (non-hydrogen) atoms. The Morgan fingerprint density at radius 3 is 2.07 bits per heavy atom. The minimum absolute atomic E-state index is 0.00711. The molecule has 0 bridgehead atoms. The average molecular weight is 248 g/mol. The number of thioether (sulfide) groups is 2. The van der Waals surface area contributed by atoms with Crippen LogP contribution in [0.1, 0.15) is 27.7 Å². The molecule has 0 radical (unpaired) electrons. The summed E-state index contributed by atoms with van der Waals surface area (Å²) < 4.78 is 5.38. The molecule has 0 heterocycles. The second-order valence-electron chi connectivity index (χ2n) is 3.95. The Morgan fingerprint density at radius 1 is 1.13 bits per heavy atom. The molecule has 0 aliphatic carbocycles. The molecule has 0 N–H and O–H groups in total. The van der Waals surface area contributed by atoms with E-state index in [-0.39, 0.29) is 11.4 Å². The van der Waals surface area contributed by atoms with E-state index < -0.39 is 0 Å². The Hall–Kier alpha value is -0.0900. The van der Waals surface area contributed by atoms with E-state index in [2.05, 4.69) is 27.7 Å². The van der Waals surface area contributed by atoms with Crippen LogP contribution < -0.4 is 0 Å². The Bertz CT molecular complexity index is 205. The molecule has 0 aliphatic rings. The van der Waals surface area contributed by atoms with E-state index in [1.54, 1.807) is 17.2 Å². The van der Waals surface area contributed by atoms with Gasteiger partial charge in [-0.15, -0.1) is 11.8 Å². The minimum Gasteiger partial charge on any atom is -0.453 e. The SMILES string of the molecule is CS/C=C\SC(=O)OC(C(C)C)C(C)C. The monoisotopic (exact) mass is 248 g/mol. The Labute approximate surface area is 101 Å². The third-order valence-electron chi connectivity index (χ3n) is 1.90. The summed E-state index contributed by atoms with van der Waals surface area (Å²) >= 11 is 2.67. The molecule has 0 spiro atoms. The van der Waals surface area contributed by atoms with Crippen LogP contribution in [0.4, 0.5) is 4.79 Å². The molecular weight excluding hydrogens is 228 g/mol. The number of ether oxygens (including phenoxy) is 1. The van der Waals surface area contributed by atoms with Crippen molar-refractivity contribution in [2.24, 2.45) is 11.8 Å². The van der Waals surface area contributed by atoms with Gasteiger partial charge < -0.3 is 4.74 Å². The Kier molecular flexibility index (Phi) is 8.06. The predicted octanol–water partition coefficient (Wildman–Crippen LogP) is 4.37. The van der Waals surface area contributed by atoms with Crippen molar-refractivity contribution in [3.8, 4) is 0 Å². The lowest BCUT2D eigenvalue weighted by Crippen LogP contribution is -2.27. The molecule has 0 saturated carbocycles. The van der Waals surface area contributed by atoms with Gasteiger partial charge in [0, 0.05) is 0 Å². The predicted molar refractivity (Wildman–Crippen MR) is 70.2 cm³/mol. The van der Waals surface area contributed by atoms with Crippen molar-refractivity contribution >= 4 is 28.8 Å². The van der Waals surface area contributed by atoms with E-state index in [9.17, 15) is 4.79 Å². The fourth-order valence-electron chi connectivity index (χ4n) is 1.32. The van der Waals surface area contributed by atoms with Crippen LogP contribution in [0.2, 0.25) is 0 Å². The van der Waals surface area contributed by atoms with Crippen LogP contribution in [0, 0.1) is 11.8 Å².